The molecular weight excluding hydrogens is 466 g/mol. The van der Waals surface area contributed by atoms with E-state index in [9.17, 15) is 4.79 Å². The molecule has 5 rings (SSSR count). The first-order valence-corrected chi connectivity index (χ1v) is 12.8. The molecule has 1 atom stereocenters. The molecule has 1 aliphatic heterocycles. The van der Waals surface area contributed by atoms with Crippen LogP contribution in [0.5, 0.6) is 17.2 Å². The highest BCUT2D eigenvalue weighted by molar-refractivity contribution is 5.98. The Labute approximate surface area is 217 Å². The van der Waals surface area contributed by atoms with Crippen molar-refractivity contribution >= 4 is 22.6 Å². The van der Waals surface area contributed by atoms with Crippen LogP contribution in [0.25, 0.3) is 11.0 Å². The number of anilines is 1. The molecule has 1 fully saturated rings. The van der Waals surface area contributed by atoms with Crippen molar-refractivity contribution in [3.63, 3.8) is 0 Å². The maximum absolute atomic E-state index is 13.2. The van der Waals surface area contributed by atoms with Gasteiger partial charge in [0.25, 0.3) is 0 Å². The molecule has 37 heavy (non-hydrogen) atoms. The van der Waals surface area contributed by atoms with Gasteiger partial charge in [0.2, 0.25) is 5.91 Å². The number of hydrogen-bond donors (Lipinski definition) is 0. The minimum Gasteiger partial charge on any atom is -0.497 e. The molecule has 0 saturated carbocycles. The third kappa shape index (κ3) is 5.12. The fraction of sp³-hybridized carbons (Fsp3) is 0.333. The number of para-hydroxylation sites is 2. The number of rotatable bonds is 10. The van der Waals surface area contributed by atoms with Gasteiger partial charge in [-0.25, -0.2) is 4.98 Å². The predicted molar refractivity (Wildman–Crippen MR) is 145 cm³/mol. The van der Waals surface area contributed by atoms with E-state index in [0.29, 0.717) is 31.1 Å². The van der Waals surface area contributed by atoms with Gasteiger partial charge in [0.1, 0.15) is 23.1 Å². The Morgan fingerprint density at radius 3 is 2.51 bits per heavy atom. The Morgan fingerprint density at radius 2 is 1.76 bits per heavy atom. The number of hydrogen-bond acceptors (Lipinski definition) is 5. The molecule has 1 unspecified atom stereocenters. The Kier molecular flexibility index (Phi) is 7.30. The first-order valence-electron chi connectivity index (χ1n) is 12.8. The quantitative estimate of drug-likeness (QED) is 0.266. The molecule has 0 aliphatic carbocycles. The fourth-order valence-electron chi connectivity index (χ4n) is 5.00. The van der Waals surface area contributed by atoms with Gasteiger partial charge in [-0.2, -0.15) is 0 Å². The van der Waals surface area contributed by atoms with E-state index in [2.05, 4.69) is 29.7 Å². The van der Waals surface area contributed by atoms with Crippen molar-refractivity contribution in [3.8, 4) is 17.2 Å². The summed E-state index contributed by atoms with van der Waals surface area (Å²) in [6.07, 6.45) is 2.24. The summed E-state index contributed by atoms with van der Waals surface area (Å²) in [6.45, 7) is 4.05. The molecule has 1 aliphatic rings. The van der Waals surface area contributed by atoms with E-state index in [4.69, 9.17) is 19.2 Å². The first-order chi connectivity index (χ1) is 18.1. The number of fused-ring (bicyclic) bond motifs is 1. The largest absolute Gasteiger partial charge is 0.497 e. The molecule has 1 amide bonds. The SMILES string of the molecule is CCc1ccc(OCCCn2c(C3CC(=O)N(c4cc(OC)ccc4OC)C3)nc3ccccc32)cc1. The lowest BCUT2D eigenvalue weighted by molar-refractivity contribution is -0.117. The van der Waals surface area contributed by atoms with Crippen LogP contribution in [0.2, 0.25) is 0 Å². The molecule has 4 aromatic rings. The van der Waals surface area contributed by atoms with Crippen molar-refractivity contribution in [1.82, 2.24) is 9.55 Å². The zero-order valence-electron chi connectivity index (χ0n) is 21.6. The van der Waals surface area contributed by atoms with E-state index in [0.717, 1.165) is 47.7 Å². The highest BCUT2D eigenvalue weighted by Crippen LogP contribution is 2.39. The van der Waals surface area contributed by atoms with Crippen molar-refractivity contribution < 1.29 is 19.0 Å². The first kappa shape index (κ1) is 24.7. The molecule has 0 radical (unpaired) electrons. The topological polar surface area (TPSA) is 65.8 Å². The van der Waals surface area contributed by atoms with Crippen molar-refractivity contribution in [2.75, 3.05) is 32.3 Å². The van der Waals surface area contributed by atoms with Crippen LogP contribution in [0, 0.1) is 0 Å². The second-order valence-electron chi connectivity index (χ2n) is 9.25. The summed E-state index contributed by atoms with van der Waals surface area (Å²) in [5, 5.41) is 0. The van der Waals surface area contributed by atoms with Crippen molar-refractivity contribution in [2.45, 2.75) is 38.6 Å². The number of ether oxygens (including phenoxy) is 3. The van der Waals surface area contributed by atoms with E-state index in [1.807, 2.05) is 48.5 Å². The van der Waals surface area contributed by atoms with Crippen LogP contribution in [0.4, 0.5) is 5.69 Å². The molecule has 1 saturated heterocycles. The van der Waals surface area contributed by atoms with Crippen LogP contribution in [0.1, 0.15) is 37.1 Å². The summed E-state index contributed by atoms with van der Waals surface area (Å²) in [6, 6.07) is 21.9. The van der Waals surface area contributed by atoms with Gasteiger partial charge >= 0.3 is 0 Å². The summed E-state index contributed by atoms with van der Waals surface area (Å²) < 4.78 is 19.2. The van der Waals surface area contributed by atoms with Gasteiger partial charge in [0, 0.05) is 31.5 Å². The van der Waals surface area contributed by atoms with Gasteiger partial charge in [0.15, 0.2) is 0 Å². The number of aromatic nitrogens is 2. The third-order valence-electron chi connectivity index (χ3n) is 6.98. The van der Waals surface area contributed by atoms with Gasteiger partial charge in [-0.3, -0.25) is 4.79 Å². The predicted octanol–water partition coefficient (Wildman–Crippen LogP) is 5.61. The summed E-state index contributed by atoms with van der Waals surface area (Å²) >= 11 is 0. The number of methoxy groups -OCH3 is 2. The lowest BCUT2D eigenvalue weighted by Crippen LogP contribution is -2.25. The lowest BCUT2D eigenvalue weighted by atomic mass is 10.1. The Hall–Kier alpha value is -4.00. The summed E-state index contributed by atoms with van der Waals surface area (Å²) in [5.74, 6) is 3.17. The van der Waals surface area contributed by atoms with E-state index in [1.165, 1.54) is 5.56 Å². The Morgan fingerprint density at radius 1 is 0.973 bits per heavy atom. The number of imidazole rings is 1. The second kappa shape index (κ2) is 10.9. The second-order valence-corrected chi connectivity index (χ2v) is 9.25. The molecule has 0 bridgehead atoms. The Bertz CT molecular complexity index is 1380. The summed E-state index contributed by atoms with van der Waals surface area (Å²) in [5.41, 5.74) is 4.04. The Balaban J connectivity index is 1.35. The van der Waals surface area contributed by atoms with Crippen LogP contribution in [0.15, 0.2) is 66.7 Å². The number of benzene rings is 3. The normalized spacial score (nSPS) is 15.4. The summed E-state index contributed by atoms with van der Waals surface area (Å²) in [7, 11) is 3.23. The number of carbonyl (C=O) groups is 1. The molecule has 0 N–H and O–H groups in total. The molecule has 2 heterocycles. The van der Waals surface area contributed by atoms with Crippen LogP contribution in [-0.4, -0.2) is 42.8 Å². The van der Waals surface area contributed by atoms with Gasteiger partial charge in [0.05, 0.1) is 37.5 Å². The van der Waals surface area contributed by atoms with Crippen LogP contribution in [0.3, 0.4) is 0 Å². The van der Waals surface area contributed by atoms with Gasteiger partial charge in [-0.05, 0) is 54.8 Å². The molecule has 192 valence electrons. The van der Waals surface area contributed by atoms with Crippen LogP contribution >= 0.6 is 0 Å². The minimum absolute atomic E-state index is 0.0293. The molecule has 1 aromatic heterocycles. The standard InChI is InChI=1S/C30H33N3O4/c1-4-21-10-12-23(13-11-21)37-17-7-16-32-26-9-6-5-8-25(26)31-30(32)22-18-29(34)33(20-22)27-19-24(35-2)14-15-28(27)36-3/h5-6,8-15,19,22H,4,7,16-18,20H2,1-3H3. The van der Waals surface area contributed by atoms with E-state index < -0.39 is 0 Å². The molecule has 7 heteroatoms. The maximum atomic E-state index is 13.2. The molecular formula is C30H33N3O4. The van der Waals surface area contributed by atoms with Crippen LogP contribution in [-0.2, 0) is 17.8 Å². The van der Waals surface area contributed by atoms with Crippen molar-refractivity contribution in [2.24, 2.45) is 0 Å². The van der Waals surface area contributed by atoms with E-state index in [-0.39, 0.29) is 11.8 Å². The highest BCUT2D eigenvalue weighted by atomic mass is 16.5. The molecule has 7 nitrogen and oxygen atoms in total. The van der Waals surface area contributed by atoms with Crippen molar-refractivity contribution in [1.29, 1.82) is 0 Å². The van der Waals surface area contributed by atoms with Gasteiger partial charge in [-0.1, -0.05) is 31.2 Å². The molecule has 0 spiro atoms. The summed E-state index contributed by atoms with van der Waals surface area (Å²) in [4.78, 5) is 20.0. The number of aryl methyl sites for hydroxylation is 2. The fourth-order valence-corrected chi connectivity index (χ4v) is 5.00. The average molecular weight is 500 g/mol. The van der Waals surface area contributed by atoms with E-state index in [1.54, 1.807) is 19.1 Å². The maximum Gasteiger partial charge on any atom is 0.227 e. The van der Waals surface area contributed by atoms with Crippen molar-refractivity contribution in [3.05, 3.63) is 78.1 Å². The lowest BCUT2D eigenvalue weighted by Gasteiger charge is -2.20. The average Bonchev–Trinajstić information content (AvgIpc) is 3.51. The third-order valence-corrected chi connectivity index (χ3v) is 6.98. The zero-order chi connectivity index (χ0) is 25.8. The monoisotopic (exact) mass is 499 g/mol. The number of nitrogens with zero attached hydrogens (tertiary/aromatic N) is 3. The smallest absolute Gasteiger partial charge is 0.227 e. The van der Waals surface area contributed by atoms with Gasteiger partial charge < -0.3 is 23.7 Å². The number of amides is 1. The van der Waals surface area contributed by atoms with Crippen LogP contribution < -0.4 is 19.1 Å². The van der Waals surface area contributed by atoms with E-state index >= 15 is 0 Å². The zero-order valence-corrected chi connectivity index (χ0v) is 21.6. The highest BCUT2D eigenvalue weighted by Gasteiger charge is 2.36. The minimum atomic E-state index is -0.0293. The molecule has 3 aromatic carbocycles. The van der Waals surface area contributed by atoms with Gasteiger partial charge in [-0.15, -0.1) is 0 Å². The number of carbonyl (C=O) groups excluding carboxylic acids is 1.